The maximum atomic E-state index is 12.2. The van der Waals surface area contributed by atoms with Gasteiger partial charge in [-0.3, -0.25) is 8.37 Å². The van der Waals surface area contributed by atoms with Gasteiger partial charge in [0, 0.05) is 0 Å². The summed E-state index contributed by atoms with van der Waals surface area (Å²) in [6.07, 6.45) is -1.36. The molecule has 26 heavy (non-hydrogen) atoms. The van der Waals surface area contributed by atoms with Crippen LogP contribution < -0.4 is 0 Å². The normalized spacial score (nSPS) is 13.5. The Balaban J connectivity index is 2.07. The van der Waals surface area contributed by atoms with Gasteiger partial charge in [0.15, 0.2) is 0 Å². The van der Waals surface area contributed by atoms with Gasteiger partial charge in [-0.2, -0.15) is 16.8 Å². The molecule has 142 valence electrons. The molecular weight excluding hydrogens is 380 g/mol. The van der Waals surface area contributed by atoms with Crippen LogP contribution in [-0.2, 0) is 28.6 Å². The van der Waals surface area contributed by atoms with Gasteiger partial charge >= 0.3 is 0 Å². The van der Waals surface area contributed by atoms with E-state index in [1.165, 1.54) is 24.3 Å². The Bertz CT molecular complexity index is 932. The minimum Gasteiger partial charge on any atom is -0.394 e. The summed E-state index contributed by atoms with van der Waals surface area (Å²) < 4.78 is 58.4. The second-order valence-electron chi connectivity index (χ2n) is 5.72. The maximum absolute atomic E-state index is 12.2. The number of hydrogen-bond acceptors (Lipinski definition) is 7. The lowest BCUT2D eigenvalue weighted by Crippen LogP contribution is -2.28. The molecule has 1 unspecified atom stereocenters. The molecule has 0 fully saturated rings. The van der Waals surface area contributed by atoms with Crippen molar-refractivity contribution in [3.63, 3.8) is 0 Å². The first kappa shape index (κ1) is 20.5. The zero-order valence-electron chi connectivity index (χ0n) is 14.3. The second kappa shape index (κ2) is 8.28. The molecule has 0 saturated carbocycles. The summed E-state index contributed by atoms with van der Waals surface area (Å²) in [5.41, 5.74) is 1.75. The number of aliphatic hydroxyl groups excluding tert-OH is 1. The molecule has 0 saturated heterocycles. The number of rotatable bonds is 8. The van der Waals surface area contributed by atoms with E-state index in [4.69, 9.17) is 8.37 Å². The topological polar surface area (TPSA) is 107 Å². The van der Waals surface area contributed by atoms with Crippen molar-refractivity contribution in [1.29, 1.82) is 0 Å². The van der Waals surface area contributed by atoms with E-state index in [0.717, 1.165) is 11.1 Å². The monoisotopic (exact) mass is 400 g/mol. The lowest BCUT2D eigenvalue weighted by Gasteiger charge is -2.15. The number of benzene rings is 2. The quantitative estimate of drug-likeness (QED) is 0.673. The summed E-state index contributed by atoms with van der Waals surface area (Å²) in [6.45, 7) is 2.24. The number of aliphatic hydroxyl groups is 1. The Kier molecular flexibility index (Phi) is 6.53. The Labute approximate surface area is 153 Å². The highest BCUT2D eigenvalue weighted by Gasteiger charge is 2.24. The third-order valence-electron chi connectivity index (χ3n) is 3.49. The van der Waals surface area contributed by atoms with E-state index in [-0.39, 0.29) is 9.79 Å². The zero-order valence-corrected chi connectivity index (χ0v) is 16.0. The highest BCUT2D eigenvalue weighted by atomic mass is 32.2. The molecule has 1 atom stereocenters. The Morgan fingerprint density at radius 2 is 1.23 bits per heavy atom. The van der Waals surface area contributed by atoms with E-state index in [1.54, 1.807) is 31.2 Å². The van der Waals surface area contributed by atoms with Crippen molar-refractivity contribution in [2.45, 2.75) is 29.7 Å². The van der Waals surface area contributed by atoms with Gasteiger partial charge in [0.25, 0.3) is 20.2 Å². The first-order valence-electron chi connectivity index (χ1n) is 7.71. The van der Waals surface area contributed by atoms with Crippen LogP contribution in [0, 0.1) is 13.8 Å². The fourth-order valence-electron chi connectivity index (χ4n) is 1.99. The molecule has 0 aliphatic carbocycles. The molecule has 1 N–H and O–H groups in total. The van der Waals surface area contributed by atoms with Gasteiger partial charge in [-0.1, -0.05) is 35.4 Å². The van der Waals surface area contributed by atoms with Crippen molar-refractivity contribution in [1.82, 2.24) is 0 Å². The summed E-state index contributed by atoms with van der Waals surface area (Å²) in [5.74, 6) is 0. The van der Waals surface area contributed by atoms with Crippen molar-refractivity contribution in [3.8, 4) is 0 Å². The predicted molar refractivity (Wildman–Crippen MR) is 94.6 cm³/mol. The van der Waals surface area contributed by atoms with Crippen LogP contribution >= 0.6 is 0 Å². The van der Waals surface area contributed by atoms with Gasteiger partial charge in [-0.05, 0) is 38.1 Å². The van der Waals surface area contributed by atoms with Crippen LogP contribution in [0.15, 0.2) is 58.3 Å². The van der Waals surface area contributed by atoms with Crippen molar-refractivity contribution in [2.24, 2.45) is 0 Å². The van der Waals surface area contributed by atoms with Crippen LogP contribution in [-0.4, -0.2) is 41.3 Å². The lowest BCUT2D eigenvalue weighted by atomic mass is 10.2. The van der Waals surface area contributed by atoms with Gasteiger partial charge < -0.3 is 5.11 Å². The third-order valence-corrected chi connectivity index (χ3v) is 6.17. The number of aryl methyl sites for hydroxylation is 2. The highest BCUT2D eigenvalue weighted by Crippen LogP contribution is 2.17. The van der Waals surface area contributed by atoms with Crippen molar-refractivity contribution in [3.05, 3.63) is 59.7 Å². The van der Waals surface area contributed by atoms with E-state index in [0.29, 0.717) is 0 Å². The SMILES string of the molecule is Cc1ccc(S(=O)(=O)OCC(CO)OS(=O)(=O)c2ccc(C)cc2)cc1. The van der Waals surface area contributed by atoms with E-state index in [2.05, 4.69) is 0 Å². The molecule has 0 aliphatic rings. The first-order chi connectivity index (χ1) is 12.1. The van der Waals surface area contributed by atoms with Gasteiger partial charge in [0.05, 0.1) is 23.0 Å². The smallest absolute Gasteiger partial charge is 0.297 e. The van der Waals surface area contributed by atoms with E-state index in [1.807, 2.05) is 6.92 Å². The van der Waals surface area contributed by atoms with Gasteiger partial charge in [0.2, 0.25) is 0 Å². The third kappa shape index (κ3) is 5.36. The molecule has 9 heteroatoms. The summed E-state index contributed by atoms with van der Waals surface area (Å²) in [5, 5.41) is 9.32. The standard InChI is InChI=1S/C17H20O7S2/c1-13-3-7-16(8-4-13)25(19,20)23-12-15(11-18)24-26(21,22)17-9-5-14(2)6-10-17/h3-10,15,18H,11-12H2,1-2H3. The van der Waals surface area contributed by atoms with Crippen LogP contribution in [0.1, 0.15) is 11.1 Å². The summed E-state index contributed by atoms with van der Waals surface area (Å²) >= 11 is 0. The molecule has 2 rings (SSSR count). The first-order valence-corrected chi connectivity index (χ1v) is 10.5. The van der Waals surface area contributed by atoms with Crippen LogP contribution in [0.25, 0.3) is 0 Å². The lowest BCUT2D eigenvalue weighted by molar-refractivity contribution is 0.0787. The Hall–Kier alpha value is -1.78. The maximum Gasteiger partial charge on any atom is 0.297 e. The largest absolute Gasteiger partial charge is 0.394 e. The predicted octanol–water partition coefficient (Wildman–Crippen LogP) is 1.78. The molecule has 0 heterocycles. The zero-order chi connectivity index (χ0) is 19.4. The molecule has 0 radical (unpaired) electrons. The van der Waals surface area contributed by atoms with Crippen molar-refractivity contribution < 1.29 is 30.3 Å². The van der Waals surface area contributed by atoms with Crippen LogP contribution in [0.3, 0.4) is 0 Å². The van der Waals surface area contributed by atoms with Crippen molar-refractivity contribution >= 4 is 20.2 Å². The molecule has 0 spiro atoms. The average Bonchev–Trinajstić information content (AvgIpc) is 2.59. The van der Waals surface area contributed by atoms with Crippen LogP contribution in [0.4, 0.5) is 0 Å². The fraction of sp³-hybridized carbons (Fsp3) is 0.294. The van der Waals surface area contributed by atoms with Gasteiger partial charge in [-0.15, -0.1) is 0 Å². The summed E-state index contributed by atoms with van der Waals surface area (Å²) in [4.78, 5) is -0.163. The molecule has 0 bridgehead atoms. The fourth-order valence-corrected chi connectivity index (χ4v) is 3.98. The molecular formula is C17H20O7S2. The van der Waals surface area contributed by atoms with Gasteiger partial charge in [0.1, 0.15) is 6.10 Å². The minimum absolute atomic E-state index is 0.0684. The molecule has 0 aliphatic heterocycles. The molecule has 2 aromatic rings. The minimum atomic E-state index is -4.16. The Morgan fingerprint density at radius 3 is 1.65 bits per heavy atom. The average molecular weight is 400 g/mol. The van der Waals surface area contributed by atoms with Crippen LogP contribution in [0.2, 0.25) is 0 Å². The number of hydrogen-bond donors (Lipinski definition) is 1. The highest BCUT2D eigenvalue weighted by molar-refractivity contribution is 7.87. The summed E-state index contributed by atoms with van der Waals surface area (Å²) in [7, 11) is -8.26. The van der Waals surface area contributed by atoms with E-state index in [9.17, 15) is 21.9 Å². The van der Waals surface area contributed by atoms with E-state index < -0.39 is 39.6 Å². The molecule has 7 nitrogen and oxygen atoms in total. The Morgan fingerprint density at radius 1 is 0.808 bits per heavy atom. The second-order valence-corrected chi connectivity index (χ2v) is 8.91. The molecule has 0 aromatic heterocycles. The molecule has 0 amide bonds. The molecule has 2 aromatic carbocycles. The van der Waals surface area contributed by atoms with E-state index >= 15 is 0 Å². The van der Waals surface area contributed by atoms with Crippen molar-refractivity contribution in [2.75, 3.05) is 13.2 Å². The summed E-state index contributed by atoms with van der Waals surface area (Å²) in [6, 6.07) is 11.9. The van der Waals surface area contributed by atoms with Crippen LogP contribution in [0.5, 0.6) is 0 Å². The van der Waals surface area contributed by atoms with Gasteiger partial charge in [-0.25, -0.2) is 0 Å².